The number of hydrogen-bond acceptors (Lipinski definition) is 1. The lowest BCUT2D eigenvalue weighted by atomic mass is 10.2. The number of rotatable bonds is 1. The molecule has 1 aromatic heterocycles. The van der Waals surface area contributed by atoms with Crippen molar-refractivity contribution in [2.45, 2.75) is 13.8 Å². The van der Waals surface area contributed by atoms with Gasteiger partial charge in [-0.1, -0.05) is 0 Å². The number of nitrogens with zero attached hydrogens (tertiary/aromatic N) is 2. The van der Waals surface area contributed by atoms with Crippen molar-refractivity contribution in [2.24, 2.45) is 0 Å². The van der Waals surface area contributed by atoms with E-state index < -0.39 is 11.6 Å². The minimum atomic E-state index is -0.461. The number of halogens is 2. The van der Waals surface area contributed by atoms with Gasteiger partial charge in [0.1, 0.15) is 11.6 Å². The number of benzene rings is 1. The van der Waals surface area contributed by atoms with Crippen LogP contribution in [-0.2, 0) is 0 Å². The van der Waals surface area contributed by atoms with Crippen LogP contribution in [0, 0.1) is 25.5 Å². The van der Waals surface area contributed by atoms with Crippen molar-refractivity contribution >= 4 is 0 Å². The molecule has 0 N–H and O–H groups in total. The molecule has 0 bridgehead atoms. The van der Waals surface area contributed by atoms with E-state index in [1.165, 1.54) is 10.9 Å². The van der Waals surface area contributed by atoms with Gasteiger partial charge in [0, 0.05) is 11.8 Å². The lowest BCUT2D eigenvalue weighted by molar-refractivity contribution is 0.591. The van der Waals surface area contributed by atoms with Crippen LogP contribution in [0.4, 0.5) is 8.78 Å². The molecule has 78 valence electrons. The first-order valence-electron chi connectivity index (χ1n) is 4.55. The molecule has 0 saturated carbocycles. The van der Waals surface area contributed by atoms with Gasteiger partial charge >= 0.3 is 0 Å². The Bertz CT molecular complexity index is 503. The van der Waals surface area contributed by atoms with Gasteiger partial charge < -0.3 is 4.57 Å². The molecule has 2 rings (SSSR count). The SMILES string of the molecule is Cc1ncn(-c2cc(F)ccc2F)c1C. The van der Waals surface area contributed by atoms with E-state index in [4.69, 9.17) is 0 Å². The second kappa shape index (κ2) is 3.46. The first kappa shape index (κ1) is 9.83. The number of hydrogen-bond donors (Lipinski definition) is 0. The van der Waals surface area contributed by atoms with Crippen molar-refractivity contribution in [1.82, 2.24) is 9.55 Å². The second-order valence-electron chi connectivity index (χ2n) is 3.38. The highest BCUT2D eigenvalue weighted by Gasteiger charge is 2.09. The smallest absolute Gasteiger partial charge is 0.147 e. The highest BCUT2D eigenvalue weighted by atomic mass is 19.1. The Morgan fingerprint density at radius 3 is 2.53 bits per heavy atom. The van der Waals surface area contributed by atoms with Crippen LogP contribution in [0.3, 0.4) is 0 Å². The van der Waals surface area contributed by atoms with Gasteiger partial charge in [0.15, 0.2) is 0 Å². The average Bonchev–Trinajstić information content (AvgIpc) is 2.52. The van der Waals surface area contributed by atoms with E-state index in [9.17, 15) is 8.78 Å². The minimum absolute atomic E-state index is 0.188. The summed E-state index contributed by atoms with van der Waals surface area (Å²) in [6, 6.07) is 3.36. The van der Waals surface area contributed by atoms with E-state index in [1.807, 2.05) is 13.8 Å². The van der Waals surface area contributed by atoms with Crippen LogP contribution in [0.2, 0.25) is 0 Å². The minimum Gasteiger partial charge on any atom is -0.300 e. The Balaban J connectivity index is 2.63. The molecule has 0 aliphatic carbocycles. The van der Waals surface area contributed by atoms with Gasteiger partial charge in [-0.05, 0) is 26.0 Å². The molecule has 0 saturated heterocycles. The van der Waals surface area contributed by atoms with Crippen molar-refractivity contribution in [3.63, 3.8) is 0 Å². The van der Waals surface area contributed by atoms with Crippen molar-refractivity contribution < 1.29 is 8.78 Å². The van der Waals surface area contributed by atoms with Crippen LogP contribution < -0.4 is 0 Å². The van der Waals surface area contributed by atoms with Crippen LogP contribution in [0.5, 0.6) is 0 Å². The maximum Gasteiger partial charge on any atom is 0.147 e. The molecule has 0 aliphatic heterocycles. The van der Waals surface area contributed by atoms with Crippen LogP contribution in [-0.4, -0.2) is 9.55 Å². The summed E-state index contributed by atoms with van der Waals surface area (Å²) in [4.78, 5) is 4.04. The molecule has 1 aromatic carbocycles. The zero-order valence-corrected chi connectivity index (χ0v) is 8.46. The van der Waals surface area contributed by atoms with E-state index in [-0.39, 0.29) is 5.69 Å². The fourth-order valence-corrected chi connectivity index (χ4v) is 1.41. The standard InChI is InChI=1S/C11H10F2N2/c1-7-8(2)15(6-14-7)11-5-9(12)3-4-10(11)13/h3-6H,1-2H3. The van der Waals surface area contributed by atoms with E-state index in [0.717, 1.165) is 29.6 Å². The maximum atomic E-state index is 13.4. The molecule has 0 atom stereocenters. The highest BCUT2D eigenvalue weighted by molar-refractivity contribution is 5.36. The third-order valence-electron chi connectivity index (χ3n) is 2.42. The normalized spacial score (nSPS) is 10.7. The van der Waals surface area contributed by atoms with Gasteiger partial charge in [-0.25, -0.2) is 13.8 Å². The van der Waals surface area contributed by atoms with Crippen LogP contribution in [0.15, 0.2) is 24.5 Å². The molecule has 4 heteroatoms. The molecule has 0 unspecified atom stereocenters. The summed E-state index contributed by atoms with van der Waals surface area (Å²) in [6.07, 6.45) is 1.49. The Kier molecular flexibility index (Phi) is 2.26. The van der Waals surface area contributed by atoms with Crippen LogP contribution in [0.25, 0.3) is 5.69 Å². The predicted octanol–water partition coefficient (Wildman–Crippen LogP) is 2.77. The van der Waals surface area contributed by atoms with Crippen molar-refractivity contribution in [3.8, 4) is 5.69 Å². The molecule has 1 heterocycles. The summed E-state index contributed by atoms with van der Waals surface area (Å²) in [5, 5.41) is 0. The Labute approximate surface area is 86.2 Å². The first-order chi connectivity index (χ1) is 7.09. The zero-order chi connectivity index (χ0) is 11.0. The fourth-order valence-electron chi connectivity index (χ4n) is 1.41. The number of aryl methyl sites for hydroxylation is 1. The highest BCUT2D eigenvalue weighted by Crippen LogP contribution is 2.18. The predicted molar refractivity (Wildman–Crippen MR) is 53.0 cm³/mol. The Morgan fingerprint density at radius 2 is 1.93 bits per heavy atom. The van der Waals surface area contributed by atoms with Gasteiger partial charge in [-0.15, -0.1) is 0 Å². The lowest BCUT2D eigenvalue weighted by Crippen LogP contribution is -1.99. The Hall–Kier alpha value is -1.71. The monoisotopic (exact) mass is 208 g/mol. The van der Waals surface area contributed by atoms with Gasteiger partial charge in [0.2, 0.25) is 0 Å². The molecule has 0 fully saturated rings. The van der Waals surface area contributed by atoms with E-state index in [1.54, 1.807) is 0 Å². The van der Waals surface area contributed by atoms with E-state index in [0.29, 0.717) is 0 Å². The fraction of sp³-hybridized carbons (Fsp3) is 0.182. The molecule has 15 heavy (non-hydrogen) atoms. The lowest BCUT2D eigenvalue weighted by Gasteiger charge is -2.06. The quantitative estimate of drug-likeness (QED) is 0.704. The third-order valence-corrected chi connectivity index (χ3v) is 2.42. The van der Waals surface area contributed by atoms with Crippen molar-refractivity contribution in [2.75, 3.05) is 0 Å². The van der Waals surface area contributed by atoms with Gasteiger partial charge in [-0.3, -0.25) is 0 Å². The molecule has 2 nitrogen and oxygen atoms in total. The summed E-state index contributed by atoms with van der Waals surface area (Å²) in [7, 11) is 0. The number of aromatic nitrogens is 2. The third kappa shape index (κ3) is 1.63. The molecule has 0 spiro atoms. The molecule has 0 aliphatic rings. The zero-order valence-electron chi connectivity index (χ0n) is 8.46. The van der Waals surface area contributed by atoms with Crippen molar-refractivity contribution in [1.29, 1.82) is 0 Å². The van der Waals surface area contributed by atoms with Gasteiger partial charge in [0.25, 0.3) is 0 Å². The summed E-state index contributed by atoms with van der Waals surface area (Å²) in [5.74, 6) is -0.922. The van der Waals surface area contributed by atoms with Crippen molar-refractivity contribution in [3.05, 3.63) is 47.5 Å². The van der Waals surface area contributed by atoms with Crippen LogP contribution >= 0.6 is 0 Å². The largest absolute Gasteiger partial charge is 0.300 e. The summed E-state index contributed by atoms with van der Waals surface area (Å²) >= 11 is 0. The molecular formula is C11H10F2N2. The van der Waals surface area contributed by atoms with Gasteiger partial charge in [-0.2, -0.15) is 0 Å². The second-order valence-corrected chi connectivity index (χ2v) is 3.38. The maximum absolute atomic E-state index is 13.4. The molecule has 0 radical (unpaired) electrons. The number of imidazole rings is 1. The van der Waals surface area contributed by atoms with E-state index in [2.05, 4.69) is 4.98 Å². The van der Waals surface area contributed by atoms with Gasteiger partial charge in [0.05, 0.1) is 17.7 Å². The summed E-state index contributed by atoms with van der Waals surface area (Å²) in [6.45, 7) is 3.63. The molecule has 0 amide bonds. The first-order valence-corrected chi connectivity index (χ1v) is 4.55. The molecular weight excluding hydrogens is 198 g/mol. The summed E-state index contributed by atoms with van der Waals surface area (Å²) < 4.78 is 27.9. The summed E-state index contributed by atoms with van der Waals surface area (Å²) in [5.41, 5.74) is 1.80. The van der Waals surface area contributed by atoms with Crippen LogP contribution in [0.1, 0.15) is 11.4 Å². The topological polar surface area (TPSA) is 17.8 Å². The Morgan fingerprint density at radius 1 is 1.20 bits per heavy atom. The van der Waals surface area contributed by atoms with E-state index >= 15 is 0 Å². The average molecular weight is 208 g/mol. The molecule has 2 aromatic rings.